The molecule has 1 atom stereocenters. The van der Waals surface area contributed by atoms with Gasteiger partial charge in [0.1, 0.15) is 5.82 Å². The van der Waals surface area contributed by atoms with Crippen LogP contribution in [0.25, 0.3) is 11.0 Å². The van der Waals surface area contributed by atoms with Crippen molar-refractivity contribution in [2.75, 3.05) is 12.0 Å². The number of fused-ring (bicyclic) bond motifs is 1. The zero-order valence-electron chi connectivity index (χ0n) is 16.0. The van der Waals surface area contributed by atoms with Gasteiger partial charge >= 0.3 is 0 Å². The number of hydrogen-bond donors (Lipinski definition) is 2. The number of para-hydroxylation sites is 2. The molecule has 2 aromatic carbocycles. The molecule has 3 rings (SSSR count). The van der Waals surface area contributed by atoms with Gasteiger partial charge in [0.25, 0.3) is 0 Å². The van der Waals surface area contributed by atoms with Crippen molar-refractivity contribution < 1.29 is 4.79 Å². The van der Waals surface area contributed by atoms with Crippen molar-refractivity contribution in [2.45, 2.75) is 38.6 Å². The summed E-state index contributed by atoms with van der Waals surface area (Å²) in [6.07, 6.45) is 5.22. The van der Waals surface area contributed by atoms with Crippen molar-refractivity contribution in [3.8, 4) is 0 Å². The maximum atomic E-state index is 12.5. The van der Waals surface area contributed by atoms with Crippen molar-refractivity contribution in [3.63, 3.8) is 0 Å². The smallest absolute Gasteiger partial charge is 0.220 e. The first-order valence-corrected chi connectivity index (χ1v) is 10.9. The first kappa shape index (κ1) is 19.5. The van der Waals surface area contributed by atoms with Gasteiger partial charge in [0.05, 0.1) is 17.1 Å². The lowest BCUT2D eigenvalue weighted by atomic mass is 10.1. The molecule has 5 heteroatoms. The van der Waals surface area contributed by atoms with Crippen LogP contribution in [0.1, 0.15) is 42.8 Å². The number of thioether (sulfide) groups is 1. The van der Waals surface area contributed by atoms with Crippen molar-refractivity contribution in [2.24, 2.45) is 0 Å². The highest BCUT2D eigenvalue weighted by Crippen LogP contribution is 2.20. The second kappa shape index (κ2) is 9.60. The van der Waals surface area contributed by atoms with Crippen LogP contribution in [0.4, 0.5) is 0 Å². The molecule has 1 unspecified atom stereocenters. The first-order chi connectivity index (χ1) is 13.2. The molecule has 27 heavy (non-hydrogen) atoms. The molecule has 0 saturated heterocycles. The van der Waals surface area contributed by atoms with E-state index in [4.69, 9.17) is 0 Å². The number of hydrogen-bond acceptors (Lipinski definition) is 3. The fraction of sp³-hybridized carbons (Fsp3) is 0.364. The Morgan fingerprint density at radius 1 is 1.15 bits per heavy atom. The van der Waals surface area contributed by atoms with Crippen LogP contribution in [0.2, 0.25) is 0 Å². The zero-order valence-corrected chi connectivity index (χ0v) is 16.8. The van der Waals surface area contributed by atoms with Gasteiger partial charge in [0.2, 0.25) is 5.91 Å². The maximum Gasteiger partial charge on any atom is 0.220 e. The molecule has 0 bridgehead atoms. The Hall–Kier alpha value is -2.27. The molecule has 1 heterocycles. The summed E-state index contributed by atoms with van der Waals surface area (Å²) in [6, 6.07) is 16.4. The Bertz CT molecular complexity index is 840. The monoisotopic (exact) mass is 381 g/mol. The average molecular weight is 382 g/mol. The van der Waals surface area contributed by atoms with E-state index in [2.05, 4.69) is 52.7 Å². The van der Waals surface area contributed by atoms with Gasteiger partial charge in [-0.25, -0.2) is 4.98 Å². The molecular weight excluding hydrogens is 354 g/mol. The van der Waals surface area contributed by atoms with Crippen molar-refractivity contribution in [3.05, 3.63) is 65.5 Å². The predicted octanol–water partition coefficient (Wildman–Crippen LogP) is 4.67. The zero-order chi connectivity index (χ0) is 19.1. The highest BCUT2D eigenvalue weighted by Gasteiger charge is 2.18. The molecule has 0 aliphatic heterocycles. The molecule has 0 fully saturated rings. The summed E-state index contributed by atoms with van der Waals surface area (Å²) in [4.78, 5) is 20.6. The number of H-pyrrole nitrogens is 1. The van der Waals surface area contributed by atoms with E-state index in [1.807, 2.05) is 24.3 Å². The number of aromatic amines is 1. The molecule has 1 aromatic heterocycles. The van der Waals surface area contributed by atoms with Crippen LogP contribution in [0, 0.1) is 0 Å². The quantitative estimate of drug-likeness (QED) is 0.566. The number of amides is 1. The molecule has 3 aromatic rings. The summed E-state index contributed by atoms with van der Waals surface area (Å²) in [5.74, 6) is 1.88. The molecule has 0 spiro atoms. The highest BCUT2D eigenvalue weighted by molar-refractivity contribution is 7.98. The Kier molecular flexibility index (Phi) is 6.93. The molecule has 0 radical (unpaired) electrons. The van der Waals surface area contributed by atoms with Crippen LogP contribution in [-0.2, 0) is 17.6 Å². The number of nitrogens with zero attached hydrogens (tertiary/aromatic N) is 1. The molecule has 142 valence electrons. The Morgan fingerprint density at radius 2 is 1.89 bits per heavy atom. The molecule has 0 aliphatic rings. The number of rotatable bonds is 9. The van der Waals surface area contributed by atoms with Crippen LogP contribution in [0.3, 0.4) is 0 Å². The van der Waals surface area contributed by atoms with E-state index < -0.39 is 0 Å². The number of nitrogens with one attached hydrogen (secondary N) is 2. The van der Waals surface area contributed by atoms with E-state index in [0.29, 0.717) is 6.42 Å². The third-order valence-electron chi connectivity index (χ3n) is 4.76. The van der Waals surface area contributed by atoms with E-state index in [9.17, 15) is 4.79 Å². The number of carbonyl (C=O) groups excluding carboxylic acids is 1. The number of benzene rings is 2. The second-order valence-electron chi connectivity index (χ2n) is 6.71. The summed E-state index contributed by atoms with van der Waals surface area (Å²) in [6.45, 7) is 2.15. The van der Waals surface area contributed by atoms with Crippen LogP contribution in [0.5, 0.6) is 0 Å². The third-order valence-corrected chi connectivity index (χ3v) is 5.40. The molecular formula is C22H27N3OS. The summed E-state index contributed by atoms with van der Waals surface area (Å²) >= 11 is 1.78. The topological polar surface area (TPSA) is 57.8 Å². The number of imidazole rings is 1. The van der Waals surface area contributed by atoms with E-state index in [0.717, 1.165) is 41.9 Å². The number of aryl methyl sites for hydroxylation is 2. The van der Waals surface area contributed by atoms with Crippen molar-refractivity contribution in [1.82, 2.24) is 15.3 Å². The third kappa shape index (κ3) is 5.36. The van der Waals surface area contributed by atoms with Crippen molar-refractivity contribution >= 4 is 28.7 Å². The predicted molar refractivity (Wildman–Crippen MR) is 114 cm³/mol. The van der Waals surface area contributed by atoms with Gasteiger partial charge in [-0.1, -0.05) is 43.3 Å². The minimum Gasteiger partial charge on any atom is -0.346 e. The molecule has 0 aliphatic carbocycles. The van der Waals surface area contributed by atoms with Gasteiger partial charge in [-0.3, -0.25) is 4.79 Å². The fourth-order valence-corrected chi connectivity index (χ4v) is 3.59. The Morgan fingerprint density at radius 3 is 2.59 bits per heavy atom. The lowest BCUT2D eigenvalue weighted by molar-refractivity contribution is -0.121. The summed E-state index contributed by atoms with van der Waals surface area (Å²) in [5.41, 5.74) is 4.47. The molecule has 4 nitrogen and oxygen atoms in total. The van der Waals surface area contributed by atoms with Crippen molar-refractivity contribution in [1.29, 1.82) is 0 Å². The fourth-order valence-electron chi connectivity index (χ4n) is 3.12. The lowest BCUT2D eigenvalue weighted by Gasteiger charge is -2.16. The summed E-state index contributed by atoms with van der Waals surface area (Å²) in [5, 5.41) is 3.18. The minimum atomic E-state index is -0.0835. The SMILES string of the molecule is CCc1ccc(CCC(=O)NC(CCSC)c2nc3ccccc3[nH]2)cc1. The lowest BCUT2D eigenvalue weighted by Crippen LogP contribution is -2.30. The van der Waals surface area contributed by atoms with Crippen LogP contribution < -0.4 is 5.32 Å². The normalized spacial score (nSPS) is 12.2. The first-order valence-electron chi connectivity index (χ1n) is 9.50. The van der Waals surface area contributed by atoms with Gasteiger partial charge in [-0.15, -0.1) is 0 Å². The van der Waals surface area contributed by atoms with Gasteiger partial charge in [-0.2, -0.15) is 11.8 Å². The Balaban J connectivity index is 1.63. The van der Waals surface area contributed by atoms with E-state index >= 15 is 0 Å². The molecule has 2 N–H and O–H groups in total. The standard InChI is InChI=1S/C22H27N3OS/c1-3-16-8-10-17(11-9-16)12-13-21(26)23-20(14-15-27-2)22-24-18-6-4-5-7-19(18)25-22/h4-11,20H,3,12-15H2,1-2H3,(H,23,26)(H,24,25). The van der Waals surface area contributed by atoms with Crippen LogP contribution in [-0.4, -0.2) is 27.9 Å². The Labute approximate surface area is 165 Å². The average Bonchev–Trinajstić information content (AvgIpc) is 3.14. The molecule has 0 saturated carbocycles. The summed E-state index contributed by atoms with van der Waals surface area (Å²) in [7, 11) is 0. The second-order valence-corrected chi connectivity index (χ2v) is 7.70. The minimum absolute atomic E-state index is 0.0705. The molecule has 1 amide bonds. The van der Waals surface area contributed by atoms with Crippen LogP contribution >= 0.6 is 11.8 Å². The van der Waals surface area contributed by atoms with Gasteiger partial charge in [0, 0.05) is 6.42 Å². The van der Waals surface area contributed by atoms with E-state index in [-0.39, 0.29) is 11.9 Å². The summed E-state index contributed by atoms with van der Waals surface area (Å²) < 4.78 is 0. The van der Waals surface area contributed by atoms with E-state index in [1.54, 1.807) is 11.8 Å². The van der Waals surface area contributed by atoms with Gasteiger partial charge in [-0.05, 0) is 54.5 Å². The largest absolute Gasteiger partial charge is 0.346 e. The van der Waals surface area contributed by atoms with E-state index in [1.165, 1.54) is 11.1 Å². The highest BCUT2D eigenvalue weighted by atomic mass is 32.2. The van der Waals surface area contributed by atoms with Crippen LogP contribution in [0.15, 0.2) is 48.5 Å². The maximum absolute atomic E-state index is 12.5. The number of carbonyl (C=O) groups is 1. The van der Waals surface area contributed by atoms with Gasteiger partial charge in [0.15, 0.2) is 0 Å². The number of aromatic nitrogens is 2. The van der Waals surface area contributed by atoms with Gasteiger partial charge < -0.3 is 10.3 Å².